The lowest BCUT2D eigenvalue weighted by atomic mass is 9.96. The number of hydrogen-bond donors (Lipinski definition) is 1. The van der Waals surface area contributed by atoms with Crippen LogP contribution >= 0.6 is 0 Å². The van der Waals surface area contributed by atoms with Crippen molar-refractivity contribution in [2.24, 2.45) is 0 Å². The van der Waals surface area contributed by atoms with Crippen LogP contribution < -0.4 is 0 Å². The third-order valence-electron chi connectivity index (χ3n) is 3.19. The van der Waals surface area contributed by atoms with Crippen LogP contribution in [0.3, 0.4) is 0 Å². The molecule has 1 aromatic carbocycles. The molecule has 0 bridgehead atoms. The normalized spacial score (nSPS) is 12.7. The number of imidazole rings is 1. The van der Waals surface area contributed by atoms with E-state index in [-0.39, 0.29) is 6.10 Å². The number of rotatable bonds is 4. The summed E-state index contributed by atoms with van der Waals surface area (Å²) in [6.45, 7) is 9.08. The van der Waals surface area contributed by atoms with Gasteiger partial charge in [0.25, 0.3) is 0 Å². The van der Waals surface area contributed by atoms with Gasteiger partial charge in [0.15, 0.2) is 0 Å². The SMILES string of the molecule is Cc1cc(C)c(C(C)OCc2cnc[nH]2)c(C)c1. The van der Waals surface area contributed by atoms with E-state index in [0.29, 0.717) is 6.61 Å². The average molecular weight is 244 g/mol. The van der Waals surface area contributed by atoms with E-state index in [2.05, 4.69) is 49.8 Å². The van der Waals surface area contributed by atoms with Gasteiger partial charge in [0.05, 0.1) is 30.9 Å². The lowest BCUT2D eigenvalue weighted by Gasteiger charge is -2.18. The zero-order chi connectivity index (χ0) is 13.1. The smallest absolute Gasteiger partial charge is 0.0922 e. The Balaban J connectivity index is 2.11. The molecule has 1 aromatic heterocycles. The Morgan fingerprint density at radius 3 is 2.44 bits per heavy atom. The van der Waals surface area contributed by atoms with Gasteiger partial charge in [0.2, 0.25) is 0 Å². The van der Waals surface area contributed by atoms with Crippen LogP contribution in [0.5, 0.6) is 0 Å². The van der Waals surface area contributed by atoms with Gasteiger partial charge in [0, 0.05) is 0 Å². The van der Waals surface area contributed by atoms with Gasteiger partial charge in [-0.25, -0.2) is 4.98 Å². The Morgan fingerprint density at radius 2 is 1.89 bits per heavy atom. The van der Waals surface area contributed by atoms with Crippen molar-refractivity contribution in [3.8, 4) is 0 Å². The fraction of sp³-hybridized carbons (Fsp3) is 0.400. The van der Waals surface area contributed by atoms with E-state index < -0.39 is 0 Å². The van der Waals surface area contributed by atoms with Crippen LogP contribution in [0.25, 0.3) is 0 Å². The number of ether oxygens (including phenoxy) is 1. The Bertz CT molecular complexity index is 494. The first-order valence-electron chi connectivity index (χ1n) is 6.24. The molecule has 0 fully saturated rings. The van der Waals surface area contributed by atoms with E-state index in [9.17, 15) is 0 Å². The van der Waals surface area contributed by atoms with E-state index in [4.69, 9.17) is 4.74 Å². The second kappa shape index (κ2) is 5.36. The van der Waals surface area contributed by atoms with Crippen molar-refractivity contribution in [2.45, 2.75) is 40.4 Å². The Morgan fingerprint density at radius 1 is 1.22 bits per heavy atom. The summed E-state index contributed by atoms with van der Waals surface area (Å²) in [6.07, 6.45) is 3.56. The molecule has 0 radical (unpaired) electrons. The first-order valence-corrected chi connectivity index (χ1v) is 6.24. The molecule has 0 aliphatic heterocycles. The molecule has 1 heterocycles. The van der Waals surface area contributed by atoms with Crippen LogP contribution in [0.1, 0.15) is 41.0 Å². The third-order valence-corrected chi connectivity index (χ3v) is 3.19. The van der Waals surface area contributed by atoms with Crippen molar-refractivity contribution in [1.29, 1.82) is 0 Å². The Kier molecular flexibility index (Phi) is 3.82. The first kappa shape index (κ1) is 12.8. The molecule has 3 nitrogen and oxygen atoms in total. The molecular formula is C15H20N2O. The highest BCUT2D eigenvalue weighted by molar-refractivity contribution is 5.38. The number of aromatic nitrogens is 2. The predicted molar refractivity (Wildman–Crippen MR) is 72.4 cm³/mol. The molecule has 0 spiro atoms. The number of aryl methyl sites for hydroxylation is 3. The molecule has 1 unspecified atom stereocenters. The van der Waals surface area contributed by atoms with Crippen LogP contribution in [-0.4, -0.2) is 9.97 Å². The van der Waals surface area contributed by atoms with E-state index in [1.807, 2.05) is 0 Å². The Labute approximate surface area is 108 Å². The van der Waals surface area contributed by atoms with E-state index in [0.717, 1.165) is 5.69 Å². The predicted octanol–water partition coefficient (Wildman–Crippen LogP) is 3.61. The van der Waals surface area contributed by atoms with E-state index in [1.54, 1.807) is 12.5 Å². The number of H-pyrrole nitrogens is 1. The van der Waals surface area contributed by atoms with Gasteiger partial charge in [-0.3, -0.25) is 0 Å². The van der Waals surface area contributed by atoms with Crippen LogP contribution in [0, 0.1) is 20.8 Å². The Hall–Kier alpha value is -1.61. The lowest BCUT2D eigenvalue weighted by Crippen LogP contribution is -2.05. The lowest BCUT2D eigenvalue weighted by molar-refractivity contribution is 0.0499. The molecule has 18 heavy (non-hydrogen) atoms. The minimum absolute atomic E-state index is 0.0916. The second-order valence-corrected chi connectivity index (χ2v) is 4.84. The summed E-state index contributed by atoms with van der Waals surface area (Å²) in [5.41, 5.74) is 6.19. The van der Waals surface area contributed by atoms with Crippen LogP contribution in [0.2, 0.25) is 0 Å². The molecule has 0 saturated carbocycles. The zero-order valence-corrected chi connectivity index (χ0v) is 11.4. The van der Waals surface area contributed by atoms with Gasteiger partial charge in [-0.15, -0.1) is 0 Å². The van der Waals surface area contributed by atoms with Crippen molar-refractivity contribution >= 4 is 0 Å². The third kappa shape index (κ3) is 2.79. The van der Waals surface area contributed by atoms with Gasteiger partial charge < -0.3 is 9.72 Å². The van der Waals surface area contributed by atoms with Gasteiger partial charge in [-0.1, -0.05) is 17.7 Å². The maximum atomic E-state index is 5.90. The van der Waals surface area contributed by atoms with Crippen molar-refractivity contribution in [1.82, 2.24) is 9.97 Å². The fourth-order valence-corrected chi connectivity index (χ4v) is 2.49. The summed E-state index contributed by atoms with van der Waals surface area (Å²) in [7, 11) is 0. The molecule has 1 N–H and O–H groups in total. The van der Waals surface area contributed by atoms with Gasteiger partial charge in [-0.05, 0) is 44.4 Å². The molecule has 3 heteroatoms. The highest BCUT2D eigenvalue weighted by Gasteiger charge is 2.12. The van der Waals surface area contributed by atoms with Crippen LogP contribution in [0.15, 0.2) is 24.7 Å². The maximum absolute atomic E-state index is 5.90. The average Bonchev–Trinajstić information content (AvgIpc) is 2.77. The summed E-state index contributed by atoms with van der Waals surface area (Å²) >= 11 is 0. The number of nitrogens with zero attached hydrogens (tertiary/aromatic N) is 1. The number of benzene rings is 1. The monoisotopic (exact) mass is 244 g/mol. The highest BCUT2D eigenvalue weighted by atomic mass is 16.5. The van der Waals surface area contributed by atoms with Gasteiger partial charge >= 0.3 is 0 Å². The van der Waals surface area contributed by atoms with E-state index in [1.165, 1.54) is 22.3 Å². The first-order chi connectivity index (χ1) is 8.58. The van der Waals surface area contributed by atoms with Crippen LogP contribution in [0.4, 0.5) is 0 Å². The molecule has 2 rings (SSSR count). The molecule has 96 valence electrons. The summed E-state index contributed by atoms with van der Waals surface area (Å²) in [4.78, 5) is 7.03. The minimum Gasteiger partial charge on any atom is -0.368 e. The van der Waals surface area contributed by atoms with Crippen molar-refractivity contribution in [3.05, 3.63) is 52.6 Å². The van der Waals surface area contributed by atoms with Crippen LogP contribution in [-0.2, 0) is 11.3 Å². The molecule has 0 saturated heterocycles. The number of hydrogen-bond acceptors (Lipinski definition) is 2. The molecule has 0 aliphatic carbocycles. The summed E-state index contributed by atoms with van der Waals surface area (Å²) in [6, 6.07) is 4.41. The fourth-order valence-electron chi connectivity index (χ4n) is 2.49. The highest BCUT2D eigenvalue weighted by Crippen LogP contribution is 2.26. The topological polar surface area (TPSA) is 37.9 Å². The van der Waals surface area contributed by atoms with Crippen molar-refractivity contribution in [2.75, 3.05) is 0 Å². The largest absolute Gasteiger partial charge is 0.368 e. The molecule has 0 amide bonds. The zero-order valence-electron chi connectivity index (χ0n) is 11.4. The molecule has 0 aliphatic rings. The van der Waals surface area contributed by atoms with Gasteiger partial charge in [-0.2, -0.15) is 0 Å². The summed E-state index contributed by atoms with van der Waals surface area (Å²) in [5, 5.41) is 0. The molecular weight excluding hydrogens is 224 g/mol. The quantitative estimate of drug-likeness (QED) is 0.892. The summed E-state index contributed by atoms with van der Waals surface area (Å²) < 4.78 is 5.90. The summed E-state index contributed by atoms with van der Waals surface area (Å²) in [5.74, 6) is 0. The molecule has 1 atom stereocenters. The minimum atomic E-state index is 0.0916. The van der Waals surface area contributed by atoms with Crippen molar-refractivity contribution in [3.63, 3.8) is 0 Å². The van der Waals surface area contributed by atoms with Gasteiger partial charge in [0.1, 0.15) is 0 Å². The number of aromatic amines is 1. The standard InChI is InChI=1S/C15H20N2O/c1-10-5-11(2)15(12(3)6-10)13(4)18-8-14-7-16-9-17-14/h5-7,9,13H,8H2,1-4H3,(H,16,17). The maximum Gasteiger partial charge on any atom is 0.0922 e. The van der Waals surface area contributed by atoms with E-state index >= 15 is 0 Å². The second-order valence-electron chi connectivity index (χ2n) is 4.84. The van der Waals surface area contributed by atoms with Crippen molar-refractivity contribution < 1.29 is 4.74 Å². The molecule has 2 aromatic rings. The number of nitrogens with one attached hydrogen (secondary N) is 1.